The van der Waals surface area contributed by atoms with Gasteiger partial charge in [0.05, 0.1) is 23.3 Å². The summed E-state index contributed by atoms with van der Waals surface area (Å²) in [6.45, 7) is 4.14. The third kappa shape index (κ3) is 7.58. The minimum Gasteiger partial charge on any atom is -0.406 e. The fourth-order valence-electron chi connectivity index (χ4n) is 5.59. The van der Waals surface area contributed by atoms with Crippen LogP contribution in [0.3, 0.4) is 0 Å². The van der Waals surface area contributed by atoms with E-state index < -0.39 is 12.0 Å². The molecule has 46 heavy (non-hydrogen) atoms. The quantitative estimate of drug-likeness (QED) is 0.201. The first-order chi connectivity index (χ1) is 21.9. The number of allylic oxidation sites excluding steroid dienone is 1. The number of aliphatic hydroxyl groups is 1. The van der Waals surface area contributed by atoms with Crippen LogP contribution in [0, 0.1) is 5.92 Å². The molecule has 1 amide bonds. The average Bonchev–Trinajstić information content (AvgIpc) is 3.62. The Morgan fingerprint density at radius 2 is 1.91 bits per heavy atom. The Labute approximate surface area is 263 Å². The van der Waals surface area contributed by atoms with Crippen LogP contribution < -0.4 is 10.1 Å². The van der Waals surface area contributed by atoms with Crippen molar-refractivity contribution in [2.45, 2.75) is 77.4 Å². The van der Waals surface area contributed by atoms with E-state index in [4.69, 9.17) is 0 Å². The lowest BCUT2D eigenvalue weighted by Gasteiger charge is -2.16. The first-order valence-corrected chi connectivity index (χ1v) is 15.2. The van der Waals surface area contributed by atoms with Crippen molar-refractivity contribution >= 4 is 11.5 Å². The summed E-state index contributed by atoms with van der Waals surface area (Å²) in [6, 6.07) is 11.7. The third-order valence-corrected chi connectivity index (χ3v) is 8.04. The van der Waals surface area contributed by atoms with Crippen LogP contribution in [-0.4, -0.2) is 47.6 Å². The topological polar surface area (TPSA) is 128 Å². The van der Waals surface area contributed by atoms with Crippen LogP contribution >= 0.6 is 0 Å². The van der Waals surface area contributed by atoms with E-state index in [-0.39, 0.29) is 23.9 Å². The van der Waals surface area contributed by atoms with Crippen LogP contribution in [0.5, 0.6) is 5.75 Å². The van der Waals surface area contributed by atoms with E-state index in [1.54, 1.807) is 49.1 Å². The van der Waals surface area contributed by atoms with E-state index in [2.05, 4.69) is 35.5 Å². The summed E-state index contributed by atoms with van der Waals surface area (Å²) >= 11 is 0. The molecule has 3 heterocycles. The number of rotatable bonds is 12. The molecular formula is C33H34F3N7O3. The van der Waals surface area contributed by atoms with Gasteiger partial charge >= 0.3 is 6.36 Å². The van der Waals surface area contributed by atoms with Crippen LogP contribution in [0.15, 0.2) is 60.4 Å². The van der Waals surface area contributed by atoms with Crippen LogP contribution in [0.1, 0.15) is 83.8 Å². The number of benzene rings is 1. The molecule has 2 aliphatic rings. The Kier molecular flexibility index (Phi) is 8.60. The zero-order valence-corrected chi connectivity index (χ0v) is 25.5. The van der Waals surface area contributed by atoms with Crippen molar-refractivity contribution in [3.05, 3.63) is 99.9 Å². The van der Waals surface area contributed by atoms with E-state index in [1.807, 2.05) is 12.1 Å². The summed E-state index contributed by atoms with van der Waals surface area (Å²) in [6.07, 6.45) is 3.44. The summed E-state index contributed by atoms with van der Waals surface area (Å²) in [5.74, 6) is -0.180. The van der Waals surface area contributed by atoms with Gasteiger partial charge in [0.1, 0.15) is 11.4 Å². The molecule has 1 fully saturated rings. The maximum atomic E-state index is 12.9. The highest BCUT2D eigenvalue weighted by atomic mass is 19.4. The summed E-state index contributed by atoms with van der Waals surface area (Å²) in [5, 5.41) is 29.9. The van der Waals surface area contributed by atoms with E-state index in [9.17, 15) is 23.1 Å². The minimum absolute atomic E-state index is 0.209. The second-order valence-corrected chi connectivity index (χ2v) is 12.2. The SMILES string of the molecule is CC(C)(O)c1ccc(CNC(=O)c2cn(CCCCc3cc4c(nn3)CC(C3CC3)=C4c3cccc(OC(F)(F)F)c3)nn2)cn1. The summed E-state index contributed by atoms with van der Waals surface area (Å²) in [7, 11) is 0. The number of nitrogens with one attached hydrogen (secondary N) is 1. The molecule has 13 heteroatoms. The van der Waals surface area contributed by atoms with Gasteiger partial charge in [-0.1, -0.05) is 29.0 Å². The Morgan fingerprint density at radius 3 is 2.63 bits per heavy atom. The number of pyridine rings is 1. The second kappa shape index (κ2) is 12.6. The molecule has 0 unspecified atom stereocenters. The lowest BCUT2D eigenvalue weighted by molar-refractivity contribution is -0.274. The highest BCUT2D eigenvalue weighted by Crippen LogP contribution is 2.48. The number of hydrogen-bond acceptors (Lipinski definition) is 8. The van der Waals surface area contributed by atoms with Gasteiger partial charge in [-0.05, 0) is 92.8 Å². The van der Waals surface area contributed by atoms with Gasteiger partial charge in [-0.2, -0.15) is 10.2 Å². The van der Waals surface area contributed by atoms with Gasteiger partial charge in [0, 0.05) is 31.3 Å². The smallest absolute Gasteiger partial charge is 0.406 e. The first-order valence-electron chi connectivity index (χ1n) is 15.2. The Balaban J connectivity index is 1.03. The van der Waals surface area contributed by atoms with Crippen molar-refractivity contribution < 1.29 is 27.8 Å². The number of alkyl halides is 3. The van der Waals surface area contributed by atoms with E-state index >= 15 is 0 Å². The molecule has 0 saturated heterocycles. The molecule has 6 rings (SSSR count). The molecule has 0 bridgehead atoms. The lowest BCUT2D eigenvalue weighted by Crippen LogP contribution is -2.23. The normalized spacial score (nSPS) is 14.8. The van der Waals surface area contributed by atoms with Crippen LogP contribution in [0.4, 0.5) is 13.2 Å². The number of nitrogens with zero attached hydrogens (tertiary/aromatic N) is 6. The molecule has 1 aromatic carbocycles. The molecular weight excluding hydrogens is 599 g/mol. The van der Waals surface area contributed by atoms with Gasteiger partial charge in [0.25, 0.3) is 5.91 Å². The Morgan fingerprint density at radius 1 is 1.09 bits per heavy atom. The van der Waals surface area contributed by atoms with Gasteiger partial charge in [0.2, 0.25) is 0 Å². The summed E-state index contributed by atoms with van der Waals surface area (Å²) < 4.78 is 44.5. The predicted octanol–water partition coefficient (Wildman–Crippen LogP) is 5.31. The van der Waals surface area contributed by atoms with Crippen LogP contribution in [0.2, 0.25) is 0 Å². The maximum absolute atomic E-state index is 12.9. The summed E-state index contributed by atoms with van der Waals surface area (Å²) in [5.41, 5.74) is 5.91. The predicted molar refractivity (Wildman–Crippen MR) is 161 cm³/mol. The fourth-order valence-corrected chi connectivity index (χ4v) is 5.59. The number of hydrogen-bond donors (Lipinski definition) is 2. The minimum atomic E-state index is -4.76. The molecule has 0 radical (unpaired) electrons. The zero-order chi connectivity index (χ0) is 32.5. The van der Waals surface area contributed by atoms with Crippen molar-refractivity contribution in [1.29, 1.82) is 0 Å². The monoisotopic (exact) mass is 633 g/mol. The number of carbonyl (C=O) groups is 1. The molecule has 3 aromatic heterocycles. The number of aryl methyl sites for hydroxylation is 2. The first kappa shape index (κ1) is 31.3. The van der Waals surface area contributed by atoms with Gasteiger partial charge in [0.15, 0.2) is 5.69 Å². The molecule has 4 aromatic rings. The number of fused-ring (bicyclic) bond motifs is 1. The highest BCUT2D eigenvalue weighted by molar-refractivity contribution is 5.91. The molecule has 2 aliphatic carbocycles. The fraction of sp³-hybridized carbons (Fsp3) is 0.394. The lowest BCUT2D eigenvalue weighted by atomic mass is 9.95. The van der Waals surface area contributed by atoms with Gasteiger partial charge < -0.3 is 15.2 Å². The largest absolute Gasteiger partial charge is 0.573 e. The maximum Gasteiger partial charge on any atom is 0.573 e. The van der Waals surface area contributed by atoms with Gasteiger partial charge in [-0.25, -0.2) is 0 Å². The molecule has 0 atom stereocenters. The van der Waals surface area contributed by atoms with E-state index in [1.165, 1.54) is 17.7 Å². The third-order valence-electron chi connectivity index (χ3n) is 8.04. The van der Waals surface area contributed by atoms with Crippen molar-refractivity contribution in [3.8, 4) is 5.75 Å². The Hall–Kier alpha value is -4.65. The average molecular weight is 634 g/mol. The number of amides is 1. The summed E-state index contributed by atoms with van der Waals surface area (Å²) in [4.78, 5) is 16.8. The van der Waals surface area contributed by atoms with Crippen molar-refractivity contribution in [2.75, 3.05) is 0 Å². The van der Waals surface area contributed by atoms with Crippen molar-refractivity contribution in [1.82, 2.24) is 35.5 Å². The molecule has 240 valence electrons. The van der Waals surface area contributed by atoms with Crippen LogP contribution in [-0.2, 0) is 31.5 Å². The highest BCUT2D eigenvalue weighted by Gasteiger charge is 2.36. The number of unbranched alkanes of at least 4 members (excludes halogenated alkanes) is 1. The molecule has 2 N–H and O–H groups in total. The zero-order valence-electron chi connectivity index (χ0n) is 25.5. The van der Waals surface area contributed by atoms with E-state index in [0.717, 1.165) is 53.8 Å². The van der Waals surface area contributed by atoms with Gasteiger partial charge in [-0.15, -0.1) is 18.3 Å². The van der Waals surface area contributed by atoms with Crippen molar-refractivity contribution in [3.63, 3.8) is 0 Å². The number of aromatic nitrogens is 6. The van der Waals surface area contributed by atoms with Gasteiger partial charge in [-0.3, -0.25) is 14.5 Å². The second-order valence-electron chi connectivity index (χ2n) is 12.2. The van der Waals surface area contributed by atoms with Crippen LogP contribution in [0.25, 0.3) is 5.57 Å². The standard InChI is InChI=1S/C33H34F3N7O3/c1-32(2,45)29-12-9-20(17-37-29)18-38-31(44)28-19-43(42-41-28)13-4-3-7-23-15-26-27(40-39-23)16-25(21-10-11-21)30(26)22-6-5-8-24(14-22)46-33(34,35)36/h5-6,8-9,12,14-15,17,19,21,45H,3-4,7,10-11,13,16,18H2,1-2H3,(H,38,44). The Bertz CT molecular complexity index is 1760. The number of halogens is 3. The van der Waals surface area contributed by atoms with Crippen molar-refractivity contribution in [2.24, 2.45) is 5.92 Å². The number of carbonyl (C=O) groups excluding carboxylic acids is 1. The molecule has 0 spiro atoms. The molecule has 10 nitrogen and oxygen atoms in total. The van der Waals surface area contributed by atoms with E-state index in [0.29, 0.717) is 36.6 Å². The molecule has 1 saturated carbocycles. The number of ether oxygens (including phenoxy) is 1. The molecule has 0 aliphatic heterocycles.